The third-order valence-corrected chi connectivity index (χ3v) is 8.04. The van der Waals surface area contributed by atoms with Gasteiger partial charge in [-0.15, -0.1) is 0 Å². The summed E-state index contributed by atoms with van der Waals surface area (Å²) < 4.78 is 41.4. The van der Waals surface area contributed by atoms with Gasteiger partial charge in [0.15, 0.2) is 5.78 Å². The van der Waals surface area contributed by atoms with Crippen LogP contribution in [0.4, 0.5) is 11.5 Å². The van der Waals surface area contributed by atoms with Crippen LogP contribution in [0.25, 0.3) is 11.0 Å². The van der Waals surface area contributed by atoms with Crippen molar-refractivity contribution in [1.82, 2.24) is 14.5 Å². The summed E-state index contributed by atoms with van der Waals surface area (Å²) in [4.78, 5) is 22.1. The molecule has 1 saturated carbocycles. The predicted octanol–water partition coefficient (Wildman–Crippen LogP) is 4.18. The highest BCUT2D eigenvalue weighted by Gasteiger charge is 2.26. The third kappa shape index (κ3) is 4.57. The van der Waals surface area contributed by atoms with Gasteiger partial charge < -0.3 is 19.8 Å². The largest absolute Gasteiger partial charge is 0.497 e. The molecule has 1 fully saturated rings. The first-order chi connectivity index (χ1) is 17.8. The summed E-state index contributed by atoms with van der Waals surface area (Å²) in [5, 5.41) is 0.506. The third-order valence-electron chi connectivity index (χ3n) is 6.64. The van der Waals surface area contributed by atoms with Crippen molar-refractivity contribution in [2.75, 3.05) is 24.7 Å². The molecule has 2 aromatic carbocycles. The van der Waals surface area contributed by atoms with Crippen LogP contribution in [0.3, 0.4) is 0 Å². The van der Waals surface area contributed by atoms with Crippen molar-refractivity contribution in [1.29, 1.82) is 0 Å². The lowest BCUT2D eigenvalue weighted by atomic mass is 10.0. The Labute approximate surface area is 214 Å². The van der Waals surface area contributed by atoms with Gasteiger partial charge >= 0.3 is 0 Å². The Bertz CT molecular complexity index is 1590. The van der Waals surface area contributed by atoms with Crippen molar-refractivity contribution in [3.05, 3.63) is 66.1 Å². The van der Waals surface area contributed by atoms with E-state index in [0.717, 1.165) is 25.7 Å². The van der Waals surface area contributed by atoms with Crippen molar-refractivity contribution in [3.8, 4) is 11.5 Å². The fraction of sp³-hybridized carbons (Fsp3) is 0.269. The van der Waals surface area contributed by atoms with E-state index in [0.29, 0.717) is 27.9 Å². The average molecular weight is 522 g/mol. The lowest BCUT2D eigenvalue weighted by Crippen LogP contribution is -2.15. The van der Waals surface area contributed by atoms with Gasteiger partial charge in [-0.1, -0.05) is 25.0 Å². The first-order valence-corrected chi connectivity index (χ1v) is 13.3. The number of ketones is 1. The first-order valence-electron chi connectivity index (χ1n) is 11.8. The summed E-state index contributed by atoms with van der Waals surface area (Å²) in [6, 6.07) is 11.0. The van der Waals surface area contributed by atoms with Crippen molar-refractivity contribution in [3.63, 3.8) is 0 Å². The molecular weight excluding hydrogens is 494 g/mol. The van der Waals surface area contributed by atoms with E-state index in [2.05, 4.69) is 14.7 Å². The first kappa shape index (κ1) is 24.6. The Hall–Kier alpha value is -4.12. The molecule has 1 aliphatic rings. The molecule has 3 N–H and O–H groups in total. The number of nitrogens with two attached hydrogens (primary N) is 1. The minimum atomic E-state index is -4.05. The number of hydrogen-bond donors (Lipinski definition) is 2. The molecule has 0 atom stereocenters. The van der Waals surface area contributed by atoms with Crippen molar-refractivity contribution in [2.45, 2.75) is 36.6 Å². The minimum Gasteiger partial charge on any atom is -0.497 e. The maximum absolute atomic E-state index is 13.7. The van der Waals surface area contributed by atoms with Gasteiger partial charge in [0.05, 0.1) is 25.2 Å². The van der Waals surface area contributed by atoms with Crippen LogP contribution in [0.15, 0.2) is 59.9 Å². The molecule has 192 valence electrons. The van der Waals surface area contributed by atoms with E-state index in [9.17, 15) is 13.2 Å². The number of nitrogens with zero attached hydrogens (tertiary/aromatic N) is 3. The van der Waals surface area contributed by atoms with Crippen molar-refractivity contribution >= 4 is 38.3 Å². The van der Waals surface area contributed by atoms with Crippen LogP contribution in [0, 0.1) is 0 Å². The van der Waals surface area contributed by atoms with E-state index in [4.69, 9.17) is 15.2 Å². The quantitative estimate of drug-likeness (QED) is 0.329. The Morgan fingerprint density at radius 2 is 1.86 bits per heavy atom. The van der Waals surface area contributed by atoms with E-state index in [1.54, 1.807) is 30.5 Å². The molecule has 0 bridgehead atoms. The molecule has 0 spiro atoms. The molecule has 0 amide bonds. The van der Waals surface area contributed by atoms with Crippen LogP contribution >= 0.6 is 0 Å². The van der Waals surface area contributed by atoms with Gasteiger partial charge in [0.2, 0.25) is 0 Å². The number of anilines is 2. The van der Waals surface area contributed by atoms with Crippen LogP contribution < -0.4 is 19.9 Å². The molecule has 1 aliphatic carbocycles. The maximum atomic E-state index is 13.7. The van der Waals surface area contributed by atoms with Crippen LogP contribution in [0.2, 0.25) is 0 Å². The molecule has 5 rings (SSSR count). The van der Waals surface area contributed by atoms with E-state index in [-0.39, 0.29) is 34.0 Å². The van der Waals surface area contributed by atoms with Crippen LogP contribution in [-0.4, -0.2) is 43.0 Å². The zero-order valence-corrected chi connectivity index (χ0v) is 21.3. The van der Waals surface area contributed by atoms with E-state index in [1.807, 2.05) is 4.57 Å². The lowest BCUT2D eigenvalue weighted by Gasteiger charge is -2.13. The number of nitrogens with one attached hydrogen (secondary N) is 1. The fourth-order valence-corrected chi connectivity index (χ4v) is 6.06. The number of hydrogen-bond acceptors (Lipinski definition) is 8. The van der Waals surface area contributed by atoms with Crippen molar-refractivity contribution in [2.24, 2.45) is 0 Å². The van der Waals surface area contributed by atoms with E-state index < -0.39 is 10.0 Å². The second-order valence-electron chi connectivity index (χ2n) is 8.88. The van der Waals surface area contributed by atoms with Crippen LogP contribution in [0.1, 0.15) is 47.6 Å². The number of methoxy groups -OCH3 is 2. The molecule has 37 heavy (non-hydrogen) atoms. The van der Waals surface area contributed by atoms with Gasteiger partial charge in [0.1, 0.15) is 34.2 Å². The topological polar surface area (TPSA) is 138 Å². The summed E-state index contributed by atoms with van der Waals surface area (Å²) in [5.74, 6) is 0.453. The summed E-state index contributed by atoms with van der Waals surface area (Å²) in [6.07, 6.45) is 7.45. The second kappa shape index (κ2) is 9.74. The number of carbonyl (C=O) groups excluding carboxylic acids is 1. The molecule has 2 heterocycles. The predicted molar refractivity (Wildman–Crippen MR) is 140 cm³/mol. The smallest absolute Gasteiger partial charge is 0.265 e. The Morgan fingerprint density at radius 1 is 1.08 bits per heavy atom. The Morgan fingerprint density at radius 3 is 2.59 bits per heavy atom. The standard InChI is InChI=1S/C26H27N5O5S/c1-35-19-10-11-21(36-2)22(13-19)37(33,34)30-17-7-5-6-16(12-17)24(32)20-14-31(18-8-3-4-9-18)26-23(20)25(27)28-15-29-26/h5-7,10-15,18,30H,3-4,8-9H2,1-2H3,(H2,27,28,29). The zero-order valence-electron chi connectivity index (χ0n) is 20.5. The molecular formula is C26H27N5O5S. The van der Waals surface area contributed by atoms with Gasteiger partial charge in [-0.2, -0.15) is 0 Å². The molecule has 11 heteroatoms. The van der Waals surface area contributed by atoms with Gasteiger partial charge in [-0.05, 0) is 37.1 Å². The Kier molecular flexibility index (Phi) is 6.46. The van der Waals surface area contributed by atoms with Gasteiger partial charge in [-0.25, -0.2) is 18.4 Å². The minimum absolute atomic E-state index is 0.0874. The van der Waals surface area contributed by atoms with Gasteiger partial charge in [0, 0.05) is 29.6 Å². The molecule has 0 saturated heterocycles. The van der Waals surface area contributed by atoms with Gasteiger partial charge in [-0.3, -0.25) is 9.52 Å². The molecule has 10 nitrogen and oxygen atoms in total. The molecule has 0 radical (unpaired) electrons. The van der Waals surface area contributed by atoms with Gasteiger partial charge in [0.25, 0.3) is 10.0 Å². The highest BCUT2D eigenvalue weighted by molar-refractivity contribution is 7.92. The Balaban J connectivity index is 1.51. The number of ether oxygens (including phenoxy) is 2. The number of benzene rings is 2. The van der Waals surface area contributed by atoms with E-state index >= 15 is 0 Å². The number of carbonyl (C=O) groups is 1. The zero-order chi connectivity index (χ0) is 26.2. The summed E-state index contributed by atoms with van der Waals surface area (Å²) in [7, 11) is -1.22. The van der Waals surface area contributed by atoms with Crippen LogP contribution in [0.5, 0.6) is 11.5 Å². The fourth-order valence-electron chi connectivity index (χ4n) is 4.82. The average Bonchev–Trinajstić information content (AvgIpc) is 3.56. The SMILES string of the molecule is COc1ccc(OC)c(S(=O)(=O)Nc2cccc(C(=O)c3cn(C4CCCC4)c4ncnc(N)c34)c2)c1. The molecule has 2 aromatic heterocycles. The number of fused-ring (bicyclic) bond motifs is 1. The number of nitrogen functional groups attached to an aromatic ring is 1. The molecule has 0 unspecified atom stereocenters. The summed E-state index contributed by atoms with van der Waals surface area (Å²) in [6.45, 7) is 0. The molecule has 0 aliphatic heterocycles. The number of aromatic nitrogens is 3. The molecule has 4 aromatic rings. The lowest BCUT2D eigenvalue weighted by molar-refractivity contribution is 0.104. The number of rotatable bonds is 8. The maximum Gasteiger partial charge on any atom is 0.265 e. The monoisotopic (exact) mass is 521 g/mol. The number of sulfonamides is 1. The highest BCUT2D eigenvalue weighted by atomic mass is 32.2. The van der Waals surface area contributed by atoms with Crippen LogP contribution in [-0.2, 0) is 10.0 Å². The highest BCUT2D eigenvalue weighted by Crippen LogP contribution is 2.36. The summed E-state index contributed by atoms with van der Waals surface area (Å²) >= 11 is 0. The van der Waals surface area contributed by atoms with E-state index in [1.165, 1.54) is 38.7 Å². The van der Waals surface area contributed by atoms with Crippen molar-refractivity contribution < 1.29 is 22.7 Å². The normalized spacial score (nSPS) is 14.1. The summed E-state index contributed by atoms with van der Waals surface area (Å²) in [5.41, 5.74) is 7.72. The second-order valence-corrected chi connectivity index (χ2v) is 10.5.